The van der Waals surface area contributed by atoms with Crippen LogP contribution in [0.3, 0.4) is 0 Å². The van der Waals surface area contributed by atoms with Gasteiger partial charge in [0.25, 0.3) is 0 Å². The molecule has 1 aliphatic carbocycles. The summed E-state index contributed by atoms with van der Waals surface area (Å²) in [6.45, 7) is 11.4. The zero-order valence-electron chi connectivity index (χ0n) is 19.6. The van der Waals surface area contributed by atoms with Crippen molar-refractivity contribution >= 4 is 44.7 Å². The van der Waals surface area contributed by atoms with Crippen LogP contribution in [0.1, 0.15) is 53.9 Å². The first-order valence-corrected chi connectivity index (χ1v) is 11.5. The zero-order chi connectivity index (χ0) is 20.8. The minimum atomic E-state index is 0. The Labute approximate surface area is 224 Å². The van der Waals surface area contributed by atoms with Crippen LogP contribution in [0.5, 0.6) is 0 Å². The molecule has 0 fully saturated rings. The molecule has 3 rings (SSSR count). The Kier molecular flexibility index (Phi) is 24.3. The van der Waals surface area contributed by atoms with E-state index in [4.69, 9.17) is 5.73 Å². The Bertz CT molecular complexity index is 692. The molecule has 0 aliphatic heterocycles. The molecule has 171 valence electrons. The van der Waals surface area contributed by atoms with Crippen LogP contribution >= 0.6 is 24.8 Å². The fraction of sp³-hybridized carbons (Fsp3) is 0.385. The van der Waals surface area contributed by atoms with Crippen molar-refractivity contribution in [2.75, 3.05) is 6.54 Å². The van der Waals surface area contributed by atoms with Gasteiger partial charge in [-0.25, -0.2) is 5.57 Å². The summed E-state index contributed by atoms with van der Waals surface area (Å²) in [4.78, 5) is 0. The number of unbranched alkanes of at least 4 members (excludes halogenated alkanes) is 2. The molecule has 31 heavy (non-hydrogen) atoms. The van der Waals surface area contributed by atoms with Crippen LogP contribution in [0.4, 0.5) is 0 Å². The van der Waals surface area contributed by atoms with Gasteiger partial charge < -0.3 is 5.73 Å². The molecule has 2 aromatic rings. The second-order valence-electron chi connectivity index (χ2n) is 7.22. The van der Waals surface area contributed by atoms with Gasteiger partial charge in [0.05, 0.1) is 0 Å². The molecule has 2 aromatic carbocycles. The summed E-state index contributed by atoms with van der Waals surface area (Å²) in [7, 11) is 0.271. The van der Waals surface area contributed by atoms with Gasteiger partial charge in [-0.05, 0) is 0 Å². The third-order valence-corrected chi connectivity index (χ3v) is 6.39. The zero-order valence-corrected chi connectivity index (χ0v) is 26.0. The smallest absolute Gasteiger partial charge is 0.103 e. The first kappa shape index (κ1) is 35.1. The Morgan fingerprint density at radius 2 is 1.29 bits per heavy atom. The van der Waals surface area contributed by atoms with Crippen LogP contribution in [0.2, 0.25) is 0 Å². The average molecular weight is 642 g/mol. The summed E-state index contributed by atoms with van der Waals surface area (Å²) in [5, 5.41) is 2.90. The number of hydrogen-bond donors (Lipinski definition) is 0. The second kappa shape index (κ2) is 21.4. The first-order chi connectivity index (χ1) is 13.5. The van der Waals surface area contributed by atoms with Gasteiger partial charge in [-0.2, -0.15) is 17.7 Å². The minimum Gasteiger partial charge on any atom is -0.677 e. The van der Waals surface area contributed by atoms with Crippen molar-refractivity contribution in [3.05, 3.63) is 89.2 Å². The normalized spacial score (nSPS) is 13.7. The molecule has 1 atom stereocenters. The molecular weight excluding hydrogens is 604 g/mol. The molecule has 5 heteroatoms. The van der Waals surface area contributed by atoms with Crippen molar-refractivity contribution in [2.24, 2.45) is 5.92 Å². The fourth-order valence-electron chi connectivity index (χ4n) is 2.83. The van der Waals surface area contributed by atoms with Crippen LogP contribution in [0, 0.1) is 12.0 Å². The summed E-state index contributed by atoms with van der Waals surface area (Å²) in [5.74, 6) is 0.560. The number of allylic oxidation sites excluding steroid dienone is 4. The fourth-order valence-corrected chi connectivity index (χ4v) is 4.04. The second-order valence-corrected chi connectivity index (χ2v) is 8.84. The molecule has 0 amide bonds. The maximum Gasteiger partial charge on any atom is 0.103 e. The standard InChI is InChI=1S/C12H11Si.C9H13.C5H12N.2ClH.Hf/c1-3-7-11(8-4-1)13-12-9-5-2-6-10-12;1-6-5-7(2)9(4)8(6)3;1-2-3-4-5-6;;;/h1-10,13H;6H,1-4H3;6H,2-5H2,1H3;2*1H;/q;2*-1;;;. The summed E-state index contributed by atoms with van der Waals surface area (Å²) in [6.07, 6.45) is 6.90. The quantitative estimate of drug-likeness (QED) is 0.194. The summed E-state index contributed by atoms with van der Waals surface area (Å²) >= 11 is 0. The first-order valence-electron chi connectivity index (χ1n) is 10.4. The molecule has 1 unspecified atom stereocenters. The van der Waals surface area contributed by atoms with Gasteiger partial charge in [-0.3, -0.25) is 6.08 Å². The Morgan fingerprint density at radius 1 is 0.839 bits per heavy atom. The molecule has 0 saturated carbocycles. The van der Waals surface area contributed by atoms with Crippen LogP contribution in [0.15, 0.2) is 77.4 Å². The van der Waals surface area contributed by atoms with Crippen molar-refractivity contribution in [3.63, 3.8) is 0 Å². The molecule has 1 radical (unpaired) electrons. The van der Waals surface area contributed by atoms with E-state index in [-0.39, 0.29) is 60.2 Å². The molecule has 1 N–H and O–H groups in total. The molecule has 0 bridgehead atoms. The maximum atomic E-state index is 6.71. The number of hydrogen-bond acceptors (Lipinski definition) is 0. The van der Waals surface area contributed by atoms with Gasteiger partial charge in [-0.1, -0.05) is 124 Å². The molecule has 1 nitrogen and oxygen atoms in total. The molecule has 0 heterocycles. The van der Waals surface area contributed by atoms with Gasteiger partial charge in [0.1, 0.15) is 9.52 Å². The van der Waals surface area contributed by atoms with E-state index in [2.05, 4.69) is 101 Å². The third-order valence-electron chi connectivity index (χ3n) is 4.95. The Balaban J connectivity index is -0.000000388. The van der Waals surface area contributed by atoms with Crippen LogP contribution in [-0.4, -0.2) is 16.1 Å². The van der Waals surface area contributed by atoms with Gasteiger partial charge >= 0.3 is 0 Å². The van der Waals surface area contributed by atoms with Gasteiger partial charge in [0.2, 0.25) is 0 Å². The predicted octanol–water partition coefficient (Wildman–Crippen LogP) is 6.87. The van der Waals surface area contributed by atoms with Crippen LogP contribution in [-0.2, 0) is 25.8 Å². The van der Waals surface area contributed by atoms with E-state index < -0.39 is 0 Å². The monoisotopic (exact) mass is 642 g/mol. The van der Waals surface area contributed by atoms with E-state index >= 15 is 0 Å². The SMILES string of the molecule is CC1=[C-]C(C)C(C)=C1C.CCCCC[NH-].Cl.Cl.[Hf].c1ccc([SiH]c2ccccc2)cc1. The maximum absolute atomic E-state index is 6.71. The van der Waals surface area contributed by atoms with E-state index in [1.54, 1.807) is 0 Å². The number of nitrogens with one attached hydrogen (secondary N) is 1. The van der Waals surface area contributed by atoms with Crippen molar-refractivity contribution in [1.82, 2.24) is 0 Å². The molecule has 0 aromatic heterocycles. The van der Waals surface area contributed by atoms with Crippen molar-refractivity contribution < 1.29 is 25.8 Å². The Hall–Kier alpha value is -0.453. The van der Waals surface area contributed by atoms with E-state index in [0.717, 1.165) is 6.42 Å². The number of rotatable bonds is 5. The summed E-state index contributed by atoms with van der Waals surface area (Å²) in [5.41, 5.74) is 11.0. The minimum absolute atomic E-state index is 0. The average Bonchev–Trinajstić information content (AvgIpc) is 2.94. The number of halogens is 2. The molecular formula is C26H38Cl2HfNSi-2. The topological polar surface area (TPSA) is 23.8 Å². The van der Waals surface area contributed by atoms with Gasteiger partial charge in [0, 0.05) is 25.8 Å². The van der Waals surface area contributed by atoms with Crippen LogP contribution < -0.4 is 10.4 Å². The third kappa shape index (κ3) is 15.1. The Morgan fingerprint density at radius 3 is 1.52 bits per heavy atom. The number of benzene rings is 2. The largest absolute Gasteiger partial charge is 0.677 e. The predicted molar refractivity (Wildman–Crippen MR) is 142 cm³/mol. The van der Waals surface area contributed by atoms with E-state index in [1.165, 1.54) is 39.9 Å². The summed E-state index contributed by atoms with van der Waals surface area (Å²) in [6, 6.07) is 21.3. The van der Waals surface area contributed by atoms with Crippen molar-refractivity contribution in [1.29, 1.82) is 0 Å². The van der Waals surface area contributed by atoms with Crippen molar-refractivity contribution in [2.45, 2.75) is 53.9 Å². The molecule has 0 saturated heterocycles. The van der Waals surface area contributed by atoms with E-state index in [1.807, 2.05) is 0 Å². The van der Waals surface area contributed by atoms with E-state index in [0.29, 0.717) is 12.5 Å². The van der Waals surface area contributed by atoms with Gasteiger partial charge in [0.15, 0.2) is 0 Å². The molecule has 1 aliphatic rings. The van der Waals surface area contributed by atoms with Crippen molar-refractivity contribution in [3.8, 4) is 0 Å². The summed E-state index contributed by atoms with van der Waals surface area (Å²) < 4.78 is 0. The van der Waals surface area contributed by atoms with Gasteiger partial charge in [-0.15, -0.1) is 31.7 Å². The van der Waals surface area contributed by atoms with Crippen LogP contribution in [0.25, 0.3) is 5.73 Å². The molecule has 0 spiro atoms. The van der Waals surface area contributed by atoms with E-state index in [9.17, 15) is 0 Å².